The van der Waals surface area contributed by atoms with Crippen molar-refractivity contribution in [1.29, 1.82) is 5.26 Å². The van der Waals surface area contributed by atoms with Crippen LogP contribution in [0.4, 0.5) is 11.4 Å². The highest BCUT2D eigenvalue weighted by atomic mass is 16.6. The third-order valence-electron chi connectivity index (χ3n) is 3.09. The monoisotopic (exact) mass is 267 g/mol. The Kier molecular flexibility index (Phi) is 3.96. The summed E-state index contributed by atoms with van der Waals surface area (Å²) in [5.41, 5.74) is 3.03. The Morgan fingerprint density at radius 1 is 1.30 bits per heavy atom. The molecular formula is C15H13N3O2. The fraction of sp³-hybridized carbons (Fsp3) is 0.133. The van der Waals surface area contributed by atoms with Gasteiger partial charge in [0.2, 0.25) is 0 Å². The van der Waals surface area contributed by atoms with E-state index in [0.717, 1.165) is 11.3 Å². The predicted molar refractivity (Wildman–Crippen MR) is 76.3 cm³/mol. The molecule has 0 aliphatic rings. The minimum Gasteiger partial charge on any atom is -0.381 e. The van der Waals surface area contributed by atoms with E-state index < -0.39 is 0 Å². The van der Waals surface area contributed by atoms with Crippen LogP contribution >= 0.6 is 0 Å². The summed E-state index contributed by atoms with van der Waals surface area (Å²) in [4.78, 5) is 10.5. The predicted octanol–water partition coefficient (Wildman–Crippen LogP) is 3.39. The fourth-order valence-corrected chi connectivity index (χ4v) is 1.96. The first-order valence-electron chi connectivity index (χ1n) is 6.08. The first kappa shape index (κ1) is 13.6. The number of nitriles is 1. The van der Waals surface area contributed by atoms with Crippen molar-refractivity contribution in [2.45, 2.75) is 13.5 Å². The van der Waals surface area contributed by atoms with Gasteiger partial charge in [-0.05, 0) is 30.7 Å². The number of rotatable bonds is 4. The van der Waals surface area contributed by atoms with Crippen LogP contribution in [0.3, 0.4) is 0 Å². The molecule has 0 amide bonds. The van der Waals surface area contributed by atoms with Gasteiger partial charge in [0.15, 0.2) is 0 Å². The molecule has 0 saturated carbocycles. The van der Waals surface area contributed by atoms with Crippen molar-refractivity contribution in [2.75, 3.05) is 5.32 Å². The molecule has 0 aliphatic heterocycles. The Morgan fingerprint density at radius 3 is 2.75 bits per heavy atom. The Hall–Kier alpha value is -2.87. The molecule has 5 heteroatoms. The summed E-state index contributed by atoms with van der Waals surface area (Å²) in [6, 6.07) is 14.2. The lowest BCUT2D eigenvalue weighted by atomic mass is 10.1. The Labute approximate surface area is 116 Å². The Bertz CT molecular complexity index is 690. The smallest absolute Gasteiger partial charge is 0.272 e. The van der Waals surface area contributed by atoms with E-state index in [0.29, 0.717) is 17.7 Å². The van der Waals surface area contributed by atoms with E-state index in [4.69, 9.17) is 5.26 Å². The first-order chi connectivity index (χ1) is 9.61. The van der Waals surface area contributed by atoms with Crippen LogP contribution in [0.15, 0.2) is 42.5 Å². The lowest BCUT2D eigenvalue weighted by molar-refractivity contribution is -0.385. The van der Waals surface area contributed by atoms with Gasteiger partial charge in [0.05, 0.1) is 16.6 Å². The van der Waals surface area contributed by atoms with Crippen molar-refractivity contribution in [3.63, 3.8) is 0 Å². The average Bonchev–Trinajstić information content (AvgIpc) is 2.46. The molecule has 2 rings (SSSR count). The molecule has 0 aromatic heterocycles. The maximum Gasteiger partial charge on any atom is 0.272 e. The van der Waals surface area contributed by atoms with Gasteiger partial charge in [-0.2, -0.15) is 5.26 Å². The summed E-state index contributed by atoms with van der Waals surface area (Å²) >= 11 is 0. The molecule has 100 valence electrons. The highest BCUT2D eigenvalue weighted by molar-refractivity contribution is 5.51. The van der Waals surface area contributed by atoms with E-state index >= 15 is 0 Å². The van der Waals surface area contributed by atoms with Crippen LogP contribution in [0.2, 0.25) is 0 Å². The molecule has 1 N–H and O–H groups in total. The van der Waals surface area contributed by atoms with Gasteiger partial charge >= 0.3 is 0 Å². The van der Waals surface area contributed by atoms with Crippen molar-refractivity contribution in [3.05, 3.63) is 69.3 Å². The highest BCUT2D eigenvalue weighted by Crippen LogP contribution is 2.22. The molecule has 0 heterocycles. The number of hydrogen-bond acceptors (Lipinski definition) is 4. The lowest BCUT2D eigenvalue weighted by Crippen LogP contribution is -2.03. The Balaban J connectivity index is 2.17. The van der Waals surface area contributed by atoms with Gasteiger partial charge in [-0.1, -0.05) is 18.2 Å². The summed E-state index contributed by atoms with van der Waals surface area (Å²) in [6.45, 7) is 2.21. The summed E-state index contributed by atoms with van der Waals surface area (Å²) in [6.07, 6.45) is 0. The molecule has 2 aromatic carbocycles. The molecule has 0 aliphatic carbocycles. The number of nitrogens with zero attached hydrogens (tertiary/aromatic N) is 2. The zero-order chi connectivity index (χ0) is 14.5. The largest absolute Gasteiger partial charge is 0.381 e. The van der Waals surface area contributed by atoms with Gasteiger partial charge < -0.3 is 5.32 Å². The second kappa shape index (κ2) is 5.85. The standard InChI is InChI=1S/C15H13N3O2/c1-11-13(5-3-7-15(11)18(19)20)10-17-14-6-2-4-12(8-14)9-16/h2-8,17H,10H2,1H3. The van der Waals surface area contributed by atoms with Crippen LogP contribution in [-0.2, 0) is 6.54 Å². The van der Waals surface area contributed by atoms with Gasteiger partial charge in [0.1, 0.15) is 0 Å². The van der Waals surface area contributed by atoms with E-state index in [-0.39, 0.29) is 10.6 Å². The van der Waals surface area contributed by atoms with Crippen LogP contribution in [0, 0.1) is 28.4 Å². The van der Waals surface area contributed by atoms with Crippen LogP contribution < -0.4 is 5.32 Å². The molecule has 0 radical (unpaired) electrons. The molecule has 2 aromatic rings. The third kappa shape index (κ3) is 2.93. The van der Waals surface area contributed by atoms with Gasteiger partial charge in [-0.25, -0.2) is 0 Å². The molecule has 0 unspecified atom stereocenters. The summed E-state index contributed by atoms with van der Waals surface area (Å²) in [5.74, 6) is 0. The van der Waals surface area contributed by atoms with Gasteiger partial charge in [0, 0.05) is 23.9 Å². The minimum atomic E-state index is -0.380. The van der Waals surface area contributed by atoms with Gasteiger partial charge in [-0.15, -0.1) is 0 Å². The quantitative estimate of drug-likeness (QED) is 0.680. The number of hydrogen-bond donors (Lipinski definition) is 1. The van der Waals surface area contributed by atoms with E-state index in [9.17, 15) is 10.1 Å². The lowest BCUT2D eigenvalue weighted by Gasteiger charge is -2.09. The zero-order valence-corrected chi connectivity index (χ0v) is 11.0. The van der Waals surface area contributed by atoms with Crippen molar-refractivity contribution in [1.82, 2.24) is 0 Å². The van der Waals surface area contributed by atoms with Crippen molar-refractivity contribution < 1.29 is 4.92 Å². The molecule has 20 heavy (non-hydrogen) atoms. The minimum absolute atomic E-state index is 0.120. The molecule has 0 saturated heterocycles. The summed E-state index contributed by atoms with van der Waals surface area (Å²) in [7, 11) is 0. The maximum absolute atomic E-state index is 10.9. The van der Waals surface area contributed by atoms with Crippen molar-refractivity contribution >= 4 is 11.4 Å². The van der Waals surface area contributed by atoms with Gasteiger partial charge in [0.25, 0.3) is 5.69 Å². The number of nitro benzene ring substituents is 1. The van der Waals surface area contributed by atoms with E-state index in [2.05, 4.69) is 11.4 Å². The number of nitro groups is 1. The van der Waals surface area contributed by atoms with E-state index in [1.54, 1.807) is 31.2 Å². The molecular weight excluding hydrogens is 254 g/mol. The third-order valence-corrected chi connectivity index (χ3v) is 3.09. The topological polar surface area (TPSA) is 79.0 Å². The zero-order valence-electron chi connectivity index (χ0n) is 11.0. The van der Waals surface area contributed by atoms with Crippen LogP contribution in [0.25, 0.3) is 0 Å². The summed E-state index contributed by atoms with van der Waals surface area (Å²) in [5, 5.41) is 22.9. The second-order valence-electron chi connectivity index (χ2n) is 4.36. The SMILES string of the molecule is Cc1c(CNc2cccc(C#N)c2)cccc1[N+](=O)[O-]. The van der Waals surface area contributed by atoms with E-state index in [1.165, 1.54) is 6.07 Å². The number of benzene rings is 2. The Morgan fingerprint density at radius 2 is 2.05 bits per heavy atom. The maximum atomic E-state index is 10.9. The molecule has 0 atom stereocenters. The summed E-state index contributed by atoms with van der Waals surface area (Å²) < 4.78 is 0. The van der Waals surface area contributed by atoms with Crippen LogP contribution in [0.5, 0.6) is 0 Å². The number of anilines is 1. The molecule has 5 nitrogen and oxygen atoms in total. The van der Waals surface area contributed by atoms with Crippen molar-refractivity contribution in [2.24, 2.45) is 0 Å². The highest BCUT2D eigenvalue weighted by Gasteiger charge is 2.12. The average molecular weight is 267 g/mol. The van der Waals surface area contributed by atoms with Crippen molar-refractivity contribution in [3.8, 4) is 6.07 Å². The first-order valence-corrected chi connectivity index (χ1v) is 6.08. The number of nitrogens with one attached hydrogen (secondary N) is 1. The second-order valence-corrected chi connectivity index (χ2v) is 4.36. The molecule has 0 fully saturated rings. The fourth-order valence-electron chi connectivity index (χ4n) is 1.96. The van der Waals surface area contributed by atoms with Crippen LogP contribution in [-0.4, -0.2) is 4.92 Å². The normalized spacial score (nSPS) is 9.80. The van der Waals surface area contributed by atoms with E-state index in [1.807, 2.05) is 12.1 Å². The molecule has 0 bridgehead atoms. The van der Waals surface area contributed by atoms with Crippen LogP contribution in [0.1, 0.15) is 16.7 Å². The molecule has 0 spiro atoms. The van der Waals surface area contributed by atoms with Gasteiger partial charge in [-0.3, -0.25) is 10.1 Å².